The molecule has 1 aliphatic rings. The van der Waals surface area contributed by atoms with E-state index in [1.807, 2.05) is 0 Å². The standard InChI is InChI=1S/C14H23N3O/c1-2-7-15-9-13-10-17-14(11-16-13)18-8-6-12-4-3-5-12/h10-12,15H,2-9H2,1H3. The molecule has 18 heavy (non-hydrogen) atoms. The minimum Gasteiger partial charge on any atom is -0.477 e. The topological polar surface area (TPSA) is 47.0 Å². The van der Waals surface area contributed by atoms with Crippen LogP contribution in [0.15, 0.2) is 12.4 Å². The molecule has 1 aromatic heterocycles. The van der Waals surface area contributed by atoms with E-state index in [-0.39, 0.29) is 0 Å². The van der Waals surface area contributed by atoms with Crippen molar-refractivity contribution >= 4 is 0 Å². The number of nitrogens with one attached hydrogen (secondary N) is 1. The SMILES string of the molecule is CCCNCc1cnc(OCCC2CCC2)cn1. The monoisotopic (exact) mass is 249 g/mol. The van der Waals surface area contributed by atoms with Gasteiger partial charge in [0.1, 0.15) is 0 Å². The Kier molecular flexibility index (Phi) is 5.39. The normalized spacial score (nSPS) is 15.4. The van der Waals surface area contributed by atoms with Crippen LogP contribution < -0.4 is 10.1 Å². The number of hydrogen-bond acceptors (Lipinski definition) is 4. The minimum atomic E-state index is 0.647. The zero-order chi connectivity index (χ0) is 12.6. The van der Waals surface area contributed by atoms with Gasteiger partial charge in [-0.3, -0.25) is 4.98 Å². The van der Waals surface area contributed by atoms with Crippen molar-refractivity contribution in [1.29, 1.82) is 0 Å². The van der Waals surface area contributed by atoms with Crippen LogP contribution >= 0.6 is 0 Å². The fraction of sp³-hybridized carbons (Fsp3) is 0.714. The van der Waals surface area contributed by atoms with Crippen LogP contribution in [-0.4, -0.2) is 23.1 Å². The molecule has 100 valence electrons. The second-order valence-corrected chi connectivity index (χ2v) is 4.96. The third kappa shape index (κ3) is 4.26. The Bertz CT molecular complexity index is 335. The lowest BCUT2D eigenvalue weighted by Crippen LogP contribution is -2.16. The van der Waals surface area contributed by atoms with Gasteiger partial charge in [0.25, 0.3) is 0 Å². The van der Waals surface area contributed by atoms with Crippen LogP contribution in [0.4, 0.5) is 0 Å². The summed E-state index contributed by atoms with van der Waals surface area (Å²) in [4.78, 5) is 8.61. The highest BCUT2D eigenvalue weighted by atomic mass is 16.5. The Morgan fingerprint density at radius 3 is 2.83 bits per heavy atom. The highest BCUT2D eigenvalue weighted by Gasteiger charge is 2.16. The molecule has 0 radical (unpaired) electrons. The van der Waals surface area contributed by atoms with Gasteiger partial charge < -0.3 is 10.1 Å². The van der Waals surface area contributed by atoms with Crippen molar-refractivity contribution in [3.63, 3.8) is 0 Å². The molecule has 4 heteroatoms. The fourth-order valence-corrected chi connectivity index (χ4v) is 2.01. The minimum absolute atomic E-state index is 0.647. The van der Waals surface area contributed by atoms with Crippen molar-refractivity contribution in [2.24, 2.45) is 5.92 Å². The molecule has 1 heterocycles. The van der Waals surface area contributed by atoms with Crippen molar-refractivity contribution in [2.45, 2.75) is 45.6 Å². The molecule has 0 amide bonds. The van der Waals surface area contributed by atoms with Crippen molar-refractivity contribution in [1.82, 2.24) is 15.3 Å². The van der Waals surface area contributed by atoms with Crippen molar-refractivity contribution in [3.8, 4) is 5.88 Å². The van der Waals surface area contributed by atoms with Crippen LogP contribution in [0.3, 0.4) is 0 Å². The van der Waals surface area contributed by atoms with Gasteiger partial charge in [0.05, 0.1) is 24.7 Å². The molecule has 2 rings (SSSR count). The summed E-state index contributed by atoms with van der Waals surface area (Å²) in [7, 11) is 0. The molecule has 0 bridgehead atoms. The number of hydrogen-bond donors (Lipinski definition) is 1. The van der Waals surface area contributed by atoms with Gasteiger partial charge in [-0.2, -0.15) is 0 Å². The van der Waals surface area contributed by atoms with Crippen LogP contribution in [0, 0.1) is 5.92 Å². The molecule has 0 aliphatic heterocycles. The maximum atomic E-state index is 5.60. The number of ether oxygens (including phenoxy) is 1. The van der Waals surface area contributed by atoms with Crippen LogP contribution in [0.5, 0.6) is 5.88 Å². The van der Waals surface area contributed by atoms with E-state index in [0.29, 0.717) is 5.88 Å². The second-order valence-electron chi connectivity index (χ2n) is 4.96. The van der Waals surface area contributed by atoms with E-state index in [9.17, 15) is 0 Å². The number of rotatable bonds is 8. The Morgan fingerprint density at radius 1 is 1.33 bits per heavy atom. The zero-order valence-corrected chi connectivity index (χ0v) is 11.2. The van der Waals surface area contributed by atoms with Crippen molar-refractivity contribution < 1.29 is 4.74 Å². The lowest BCUT2D eigenvalue weighted by atomic mass is 9.83. The van der Waals surface area contributed by atoms with Crippen molar-refractivity contribution in [3.05, 3.63) is 18.1 Å². The van der Waals surface area contributed by atoms with Gasteiger partial charge in [0.2, 0.25) is 5.88 Å². The van der Waals surface area contributed by atoms with E-state index in [2.05, 4.69) is 22.2 Å². The van der Waals surface area contributed by atoms with Gasteiger partial charge in [0, 0.05) is 6.54 Å². The van der Waals surface area contributed by atoms with Crippen LogP contribution in [0.1, 0.15) is 44.7 Å². The van der Waals surface area contributed by atoms with E-state index in [1.165, 1.54) is 19.3 Å². The molecule has 0 aromatic carbocycles. The van der Waals surface area contributed by atoms with Crippen LogP contribution in [0.25, 0.3) is 0 Å². The molecule has 1 N–H and O–H groups in total. The third-order valence-electron chi connectivity index (χ3n) is 3.42. The summed E-state index contributed by atoms with van der Waals surface area (Å²) >= 11 is 0. The lowest BCUT2D eigenvalue weighted by molar-refractivity contribution is 0.216. The van der Waals surface area contributed by atoms with Crippen LogP contribution in [-0.2, 0) is 6.54 Å². The van der Waals surface area contributed by atoms with Crippen molar-refractivity contribution in [2.75, 3.05) is 13.2 Å². The molecule has 1 fully saturated rings. The maximum absolute atomic E-state index is 5.60. The molecular weight excluding hydrogens is 226 g/mol. The van der Waals surface area contributed by atoms with Gasteiger partial charge in [-0.25, -0.2) is 4.98 Å². The first-order chi connectivity index (χ1) is 8.88. The predicted molar refractivity (Wildman–Crippen MR) is 71.5 cm³/mol. The lowest BCUT2D eigenvalue weighted by Gasteiger charge is -2.24. The maximum Gasteiger partial charge on any atom is 0.232 e. The summed E-state index contributed by atoms with van der Waals surface area (Å²) in [6.07, 6.45) is 9.94. The van der Waals surface area contributed by atoms with E-state index in [4.69, 9.17) is 4.74 Å². The Balaban J connectivity index is 1.66. The highest BCUT2D eigenvalue weighted by molar-refractivity contribution is 5.07. The average Bonchev–Trinajstić information content (AvgIpc) is 2.34. The summed E-state index contributed by atoms with van der Waals surface area (Å²) in [5.74, 6) is 1.53. The van der Waals surface area contributed by atoms with Gasteiger partial charge in [-0.05, 0) is 25.3 Å². The molecule has 1 aliphatic carbocycles. The highest BCUT2D eigenvalue weighted by Crippen LogP contribution is 2.29. The predicted octanol–water partition coefficient (Wildman–Crippen LogP) is 2.55. The fourth-order valence-electron chi connectivity index (χ4n) is 2.01. The molecule has 1 aromatic rings. The Hall–Kier alpha value is -1.16. The number of nitrogens with zero attached hydrogens (tertiary/aromatic N) is 2. The van der Waals surface area contributed by atoms with E-state index < -0.39 is 0 Å². The van der Waals surface area contributed by atoms with E-state index in [1.54, 1.807) is 12.4 Å². The number of aromatic nitrogens is 2. The first kappa shape index (κ1) is 13.3. The molecule has 0 spiro atoms. The summed E-state index contributed by atoms with van der Waals surface area (Å²) < 4.78 is 5.60. The summed E-state index contributed by atoms with van der Waals surface area (Å²) in [5, 5.41) is 3.30. The van der Waals surface area contributed by atoms with Gasteiger partial charge in [-0.1, -0.05) is 26.2 Å². The molecule has 0 saturated heterocycles. The average molecular weight is 249 g/mol. The third-order valence-corrected chi connectivity index (χ3v) is 3.42. The quantitative estimate of drug-likeness (QED) is 0.719. The first-order valence-corrected chi connectivity index (χ1v) is 7.03. The Labute approximate surface area is 109 Å². The smallest absolute Gasteiger partial charge is 0.232 e. The van der Waals surface area contributed by atoms with E-state index >= 15 is 0 Å². The molecule has 0 atom stereocenters. The Morgan fingerprint density at radius 2 is 2.22 bits per heavy atom. The summed E-state index contributed by atoms with van der Waals surface area (Å²) in [6.45, 7) is 4.72. The summed E-state index contributed by atoms with van der Waals surface area (Å²) in [5.41, 5.74) is 0.967. The first-order valence-electron chi connectivity index (χ1n) is 7.03. The zero-order valence-electron chi connectivity index (χ0n) is 11.2. The van der Waals surface area contributed by atoms with Gasteiger partial charge in [-0.15, -0.1) is 0 Å². The molecule has 4 nitrogen and oxygen atoms in total. The van der Waals surface area contributed by atoms with Crippen LogP contribution in [0.2, 0.25) is 0 Å². The largest absolute Gasteiger partial charge is 0.477 e. The molecule has 0 unspecified atom stereocenters. The van der Waals surface area contributed by atoms with Gasteiger partial charge in [0.15, 0.2) is 0 Å². The van der Waals surface area contributed by atoms with Gasteiger partial charge >= 0.3 is 0 Å². The van der Waals surface area contributed by atoms with E-state index in [0.717, 1.165) is 44.1 Å². The summed E-state index contributed by atoms with van der Waals surface area (Å²) in [6, 6.07) is 0. The molecular formula is C14H23N3O. The molecule has 1 saturated carbocycles. The second kappa shape index (κ2) is 7.31.